The third-order valence-electron chi connectivity index (χ3n) is 2.63. The highest BCUT2D eigenvalue weighted by Gasteiger charge is 2.15. The highest BCUT2D eigenvalue weighted by molar-refractivity contribution is 5.94. The number of amides is 1. The van der Waals surface area contributed by atoms with E-state index in [0.29, 0.717) is 5.56 Å². The molecule has 0 aliphatic heterocycles. The van der Waals surface area contributed by atoms with Gasteiger partial charge in [-0.1, -0.05) is 13.0 Å². The van der Waals surface area contributed by atoms with Crippen molar-refractivity contribution < 1.29 is 23.8 Å². The normalized spacial score (nSPS) is 12.2. The number of methoxy groups -OCH3 is 1. The Bertz CT molecular complexity index is 528. The zero-order valence-electron chi connectivity index (χ0n) is 11.2. The molecule has 108 valence electrons. The van der Waals surface area contributed by atoms with E-state index in [2.05, 4.69) is 5.32 Å². The maximum absolute atomic E-state index is 13.4. The minimum Gasteiger partial charge on any atom is -0.494 e. The summed E-state index contributed by atoms with van der Waals surface area (Å²) in [4.78, 5) is 22.3. The maximum Gasteiger partial charge on any atom is 0.326 e. The number of carbonyl (C=O) groups excluding carboxylic acids is 1. The number of carboxylic acid groups (broad SMARTS) is 1. The highest BCUT2D eigenvalue weighted by atomic mass is 19.1. The van der Waals surface area contributed by atoms with E-state index in [1.807, 2.05) is 0 Å². The SMILES string of the molecule is CC[C@H](NC(=O)/C=C/c1ccc(OC)c(F)c1)C(=O)O. The number of benzene rings is 1. The van der Waals surface area contributed by atoms with Gasteiger partial charge in [0.1, 0.15) is 6.04 Å². The zero-order chi connectivity index (χ0) is 15.1. The van der Waals surface area contributed by atoms with Crippen LogP contribution in [-0.2, 0) is 9.59 Å². The summed E-state index contributed by atoms with van der Waals surface area (Å²) in [5.74, 6) is -2.06. The lowest BCUT2D eigenvalue weighted by Gasteiger charge is -2.09. The molecule has 20 heavy (non-hydrogen) atoms. The van der Waals surface area contributed by atoms with Crippen LogP contribution < -0.4 is 10.1 Å². The monoisotopic (exact) mass is 281 g/mol. The first-order valence-corrected chi connectivity index (χ1v) is 6.02. The van der Waals surface area contributed by atoms with Crippen molar-refractivity contribution in [3.8, 4) is 5.75 Å². The molecule has 5 nitrogen and oxygen atoms in total. The van der Waals surface area contributed by atoms with Crippen LogP contribution >= 0.6 is 0 Å². The van der Waals surface area contributed by atoms with Crippen LogP contribution in [-0.4, -0.2) is 30.1 Å². The molecule has 1 amide bonds. The smallest absolute Gasteiger partial charge is 0.326 e. The summed E-state index contributed by atoms with van der Waals surface area (Å²) in [7, 11) is 1.36. The molecule has 0 spiro atoms. The van der Waals surface area contributed by atoms with E-state index in [1.54, 1.807) is 13.0 Å². The van der Waals surface area contributed by atoms with Gasteiger partial charge in [-0.3, -0.25) is 4.79 Å². The van der Waals surface area contributed by atoms with Gasteiger partial charge in [0.2, 0.25) is 5.91 Å². The van der Waals surface area contributed by atoms with Gasteiger partial charge in [-0.25, -0.2) is 9.18 Å². The van der Waals surface area contributed by atoms with E-state index < -0.39 is 23.7 Å². The van der Waals surface area contributed by atoms with Crippen molar-refractivity contribution in [2.45, 2.75) is 19.4 Å². The van der Waals surface area contributed by atoms with Gasteiger partial charge in [0.05, 0.1) is 7.11 Å². The minimum atomic E-state index is -1.09. The molecule has 0 bridgehead atoms. The maximum atomic E-state index is 13.4. The van der Waals surface area contributed by atoms with Crippen molar-refractivity contribution in [1.29, 1.82) is 0 Å². The first-order chi connectivity index (χ1) is 9.47. The van der Waals surface area contributed by atoms with Crippen LogP contribution in [0.2, 0.25) is 0 Å². The van der Waals surface area contributed by atoms with Crippen molar-refractivity contribution in [2.24, 2.45) is 0 Å². The van der Waals surface area contributed by atoms with Gasteiger partial charge in [-0.05, 0) is 30.2 Å². The van der Waals surface area contributed by atoms with Crippen molar-refractivity contribution in [2.75, 3.05) is 7.11 Å². The Morgan fingerprint density at radius 3 is 2.70 bits per heavy atom. The van der Waals surface area contributed by atoms with Crippen LogP contribution in [0.5, 0.6) is 5.75 Å². The van der Waals surface area contributed by atoms with E-state index in [0.717, 1.165) is 6.08 Å². The molecule has 1 atom stereocenters. The molecule has 0 aliphatic carbocycles. The average molecular weight is 281 g/mol. The molecule has 6 heteroatoms. The minimum absolute atomic E-state index is 0.114. The summed E-state index contributed by atoms with van der Waals surface area (Å²) < 4.78 is 18.2. The third-order valence-corrected chi connectivity index (χ3v) is 2.63. The summed E-state index contributed by atoms with van der Waals surface area (Å²) >= 11 is 0. The average Bonchev–Trinajstić information content (AvgIpc) is 2.42. The molecular weight excluding hydrogens is 265 g/mol. The first-order valence-electron chi connectivity index (χ1n) is 6.02. The topological polar surface area (TPSA) is 75.6 Å². The van der Waals surface area contributed by atoms with Gasteiger partial charge in [-0.2, -0.15) is 0 Å². The lowest BCUT2D eigenvalue weighted by molar-refractivity contribution is -0.141. The second-order valence-electron chi connectivity index (χ2n) is 4.03. The van der Waals surface area contributed by atoms with Gasteiger partial charge < -0.3 is 15.2 Å². The number of carbonyl (C=O) groups is 2. The number of ether oxygens (including phenoxy) is 1. The zero-order valence-corrected chi connectivity index (χ0v) is 11.2. The van der Waals surface area contributed by atoms with Gasteiger partial charge in [0, 0.05) is 6.08 Å². The van der Waals surface area contributed by atoms with Crippen molar-refractivity contribution in [1.82, 2.24) is 5.32 Å². The predicted molar refractivity (Wildman–Crippen MR) is 71.8 cm³/mol. The van der Waals surface area contributed by atoms with Gasteiger partial charge in [0.25, 0.3) is 0 Å². The fourth-order valence-corrected chi connectivity index (χ4v) is 1.52. The molecule has 1 rings (SSSR count). The molecular formula is C14H16FNO4. The second kappa shape index (κ2) is 7.28. The van der Waals surface area contributed by atoms with Crippen LogP contribution in [0.4, 0.5) is 4.39 Å². The summed E-state index contributed by atoms with van der Waals surface area (Å²) in [6.45, 7) is 1.65. The van der Waals surface area contributed by atoms with Crippen LogP contribution in [0.15, 0.2) is 24.3 Å². The summed E-state index contributed by atoms with van der Waals surface area (Å²) in [5.41, 5.74) is 0.474. The number of hydrogen-bond donors (Lipinski definition) is 2. The number of aliphatic carboxylic acids is 1. The number of halogens is 1. The molecule has 0 aromatic heterocycles. The summed E-state index contributed by atoms with van der Waals surface area (Å²) in [5, 5.41) is 11.1. The molecule has 0 heterocycles. The van der Waals surface area contributed by atoms with Crippen molar-refractivity contribution in [3.63, 3.8) is 0 Å². The standard InChI is InChI=1S/C14H16FNO4/c1-3-11(14(18)19)16-13(17)7-5-9-4-6-12(20-2)10(15)8-9/h4-8,11H,3H2,1-2H3,(H,16,17)(H,18,19)/b7-5+/t11-/m0/s1. The van der Waals surface area contributed by atoms with Crippen LogP contribution in [0.3, 0.4) is 0 Å². The fraction of sp³-hybridized carbons (Fsp3) is 0.286. The molecule has 0 radical (unpaired) electrons. The molecule has 0 fully saturated rings. The van der Waals surface area contributed by atoms with Crippen molar-refractivity contribution in [3.05, 3.63) is 35.7 Å². The van der Waals surface area contributed by atoms with Crippen LogP contribution in [0.1, 0.15) is 18.9 Å². The summed E-state index contributed by atoms with van der Waals surface area (Å²) in [6.07, 6.45) is 2.84. The third kappa shape index (κ3) is 4.38. The van der Waals surface area contributed by atoms with Gasteiger partial charge in [0.15, 0.2) is 11.6 Å². The molecule has 0 saturated heterocycles. The predicted octanol–water partition coefficient (Wildman–Crippen LogP) is 1.83. The molecule has 1 aromatic carbocycles. The van der Waals surface area contributed by atoms with Crippen molar-refractivity contribution >= 4 is 18.0 Å². The lowest BCUT2D eigenvalue weighted by Crippen LogP contribution is -2.39. The molecule has 0 aliphatic rings. The lowest BCUT2D eigenvalue weighted by atomic mass is 10.2. The summed E-state index contributed by atoms with van der Waals surface area (Å²) in [6, 6.07) is 3.32. The second-order valence-corrected chi connectivity index (χ2v) is 4.03. The Morgan fingerprint density at radius 1 is 1.50 bits per heavy atom. The molecule has 1 aromatic rings. The molecule has 2 N–H and O–H groups in total. The number of hydrogen-bond acceptors (Lipinski definition) is 3. The van der Waals surface area contributed by atoms with E-state index >= 15 is 0 Å². The Balaban J connectivity index is 2.70. The van der Waals surface area contributed by atoms with Gasteiger partial charge >= 0.3 is 5.97 Å². The fourth-order valence-electron chi connectivity index (χ4n) is 1.52. The number of nitrogens with one attached hydrogen (secondary N) is 1. The van der Waals surface area contributed by atoms with Crippen LogP contribution in [0, 0.1) is 5.82 Å². The molecule has 0 saturated carbocycles. The molecule has 0 unspecified atom stereocenters. The van der Waals surface area contributed by atoms with Gasteiger partial charge in [-0.15, -0.1) is 0 Å². The van der Waals surface area contributed by atoms with E-state index in [4.69, 9.17) is 9.84 Å². The quantitative estimate of drug-likeness (QED) is 0.780. The first kappa shape index (κ1) is 15.7. The number of carboxylic acids is 1. The Labute approximate surface area is 116 Å². The largest absolute Gasteiger partial charge is 0.494 e. The van der Waals surface area contributed by atoms with E-state index in [1.165, 1.54) is 25.3 Å². The Morgan fingerprint density at radius 2 is 2.20 bits per heavy atom. The van der Waals surface area contributed by atoms with E-state index in [9.17, 15) is 14.0 Å². The Hall–Kier alpha value is -2.37. The highest BCUT2D eigenvalue weighted by Crippen LogP contribution is 2.18. The van der Waals surface area contributed by atoms with E-state index in [-0.39, 0.29) is 12.2 Å². The Kier molecular flexibility index (Phi) is 5.71. The van der Waals surface area contributed by atoms with Crippen LogP contribution in [0.25, 0.3) is 6.08 Å². The number of rotatable bonds is 6.